The predicted octanol–water partition coefficient (Wildman–Crippen LogP) is 2.96. The quantitative estimate of drug-likeness (QED) is 0.559. The fourth-order valence-corrected chi connectivity index (χ4v) is 2.23. The number of halogens is 2. The van der Waals surface area contributed by atoms with Gasteiger partial charge in [0.2, 0.25) is 5.88 Å². The number of benzene rings is 1. The Morgan fingerprint density at radius 2 is 1.81 bits per heavy atom. The molecule has 27 heavy (non-hydrogen) atoms. The molecule has 2 heterocycles. The van der Waals surface area contributed by atoms with Gasteiger partial charge in [0.05, 0.1) is 6.61 Å². The van der Waals surface area contributed by atoms with Crippen molar-refractivity contribution in [1.82, 2.24) is 15.0 Å². The highest BCUT2D eigenvalue weighted by Gasteiger charge is 2.11. The third kappa shape index (κ3) is 5.08. The summed E-state index contributed by atoms with van der Waals surface area (Å²) in [4.78, 5) is 12.3. The van der Waals surface area contributed by atoms with Gasteiger partial charge in [0.15, 0.2) is 11.6 Å². The van der Waals surface area contributed by atoms with E-state index in [4.69, 9.17) is 9.84 Å². The SMILES string of the molecule is OCCNc1cc(NCc2cccnc2Oc2ccc(F)cc2F)ncn1. The zero-order valence-corrected chi connectivity index (χ0v) is 14.2. The maximum atomic E-state index is 13.8. The van der Waals surface area contributed by atoms with Gasteiger partial charge in [0, 0.05) is 37.0 Å². The first-order valence-electron chi connectivity index (χ1n) is 8.13. The molecule has 2 aromatic heterocycles. The molecule has 3 aromatic rings. The molecule has 7 nitrogen and oxygen atoms in total. The van der Waals surface area contributed by atoms with E-state index in [1.54, 1.807) is 18.2 Å². The second-order valence-electron chi connectivity index (χ2n) is 5.44. The van der Waals surface area contributed by atoms with E-state index >= 15 is 0 Å². The second-order valence-corrected chi connectivity index (χ2v) is 5.44. The van der Waals surface area contributed by atoms with E-state index in [-0.39, 0.29) is 18.2 Å². The molecule has 0 spiro atoms. The van der Waals surface area contributed by atoms with E-state index in [1.165, 1.54) is 18.6 Å². The van der Waals surface area contributed by atoms with Crippen LogP contribution in [0.1, 0.15) is 5.56 Å². The van der Waals surface area contributed by atoms with Crippen molar-refractivity contribution >= 4 is 11.6 Å². The molecule has 0 saturated carbocycles. The van der Waals surface area contributed by atoms with Gasteiger partial charge in [-0.05, 0) is 18.2 Å². The van der Waals surface area contributed by atoms with Crippen LogP contribution in [0.5, 0.6) is 11.6 Å². The van der Waals surface area contributed by atoms with Crippen LogP contribution in [0.3, 0.4) is 0 Å². The highest BCUT2D eigenvalue weighted by Crippen LogP contribution is 2.26. The standard InChI is InChI=1S/C18H17F2N5O2/c19-13-3-4-15(14(20)8-13)27-18-12(2-1-5-22-18)10-23-17-9-16(21-6-7-26)24-11-25-17/h1-5,8-9,11,26H,6-7,10H2,(H2,21,23,24,25). The molecule has 3 N–H and O–H groups in total. The Kier molecular flexibility index (Phi) is 6.06. The summed E-state index contributed by atoms with van der Waals surface area (Å²) in [7, 11) is 0. The number of aromatic nitrogens is 3. The predicted molar refractivity (Wildman–Crippen MR) is 95.6 cm³/mol. The summed E-state index contributed by atoms with van der Waals surface area (Å²) in [5.74, 6) is -0.296. The fourth-order valence-electron chi connectivity index (χ4n) is 2.23. The van der Waals surface area contributed by atoms with Crippen LogP contribution in [-0.4, -0.2) is 33.2 Å². The van der Waals surface area contributed by atoms with Gasteiger partial charge < -0.3 is 20.5 Å². The summed E-state index contributed by atoms with van der Waals surface area (Å²) < 4.78 is 32.3. The lowest BCUT2D eigenvalue weighted by Crippen LogP contribution is -2.09. The number of aliphatic hydroxyl groups excluding tert-OH is 1. The smallest absolute Gasteiger partial charge is 0.224 e. The molecular weight excluding hydrogens is 356 g/mol. The van der Waals surface area contributed by atoms with Crippen molar-refractivity contribution in [3.63, 3.8) is 0 Å². The summed E-state index contributed by atoms with van der Waals surface area (Å²) in [5, 5.41) is 14.9. The van der Waals surface area contributed by atoms with E-state index in [0.717, 1.165) is 12.1 Å². The molecular formula is C18H17F2N5O2. The topological polar surface area (TPSA) is 92.2 Å². The number of pyridine rings is 1. The average Bonchev–Trinajstić information content (AvgIpc) is 2.68. The number of ether oxygens (including phenoxy) is 1. The van der Waals surface area contributed by atoms with Crippen LogP contribution in [0.2, 0.25) is 0 Å². The van der Waals surface area contributed by atoms with Gasteiger partial charge in [-0.25, -0.2) is 23.7 Å². The summed E-state index contributed by atoms with van der Waals surface area (Å²) in [6, 6.07) is 8.24. The van der Waals surface area contributed by atoms with Gasteiger partial charge in [-0.1, -0.05) is 6.07 Å². The van der Waals surface area contributed by atoms with Crippen LogP contribution < -0.4 is 15.4 Å². The lowest BCUT2D eigenvalue weighted by molar-refractivity contribution is 0.311. The van der Waals surface area contributed by atoms with Crippen molar-refractivity contribution in [2.24, 2.45) is 0 Å². The number of hydrogen-bond acceptors (Lipinski definition) is 7. The summed E-state index contributed by atoms with van der Waals surface area (Å²) in [5.41, 5.74) is 0.657. The van der Waals surface area contributed by atoms with E-state index in [1.807, 2.05) is 0 Å². The third-order valence-electron chi connectivity index (χ3n) is 3.50. The zero-order valence-electron chi connectivity index (χ0n) is 14.2. The van der Waals surface area contributed by atoms with Gasteiger partial charge in [-0.2, -0.15) is 0 Å². The van der Waals surface area contributed by atoms with Crippen molar-refractivity contribution in [3.8, 4) is 11.6 Å². The van der Waals surface area contributed by atoms with Crippen LogP contribution in [0, 0.1) is 11.6 Å². The van der Waals surface area contributed by atoms with E-state index in [0.29, 0.717) is 30.3 Å². The van der Waals surface area contributed by atoms with Crippen LogP contribution in [-0.2, 0) is 6.54 Å². The van der Waals surface area contributed by atoms with Gasteiger partial charge in [0.25, 0.3) is 0 Å². The number of aliphatic hydroxyl groups is 1. The molecule has 140 valence electrons. The number of rotatable bonds is 8. The van der Waals surface area contributed by atoms with Gasteiger partial charge >= 0.3 is 0 Å². The molecule has 0 aliphatic heterocycles. The van der Waals surface area contributed by atoms with Crippen molar-refractivity contribution in [1.29, 1.82) is 0 Å². The Labute approximate surface area is 154 Å². The molecule has 0 aliphatic carbocycles. The van der Waals surface area contributed by atoms with Crippen LogP contribution in [0.15, 0.2) is 48.9 Å². The van der Waals surface area contributed by atoms with Crippen LogP contribution in [0.4, 0.5) is 20.4 Å². The van der Waals surface area contributed by atoms with Crippen molar-refractivity contribution in [2.45, 2.75) is 6.54 Å². The molecule has 0 unspecified atom stereocenters. The average molecular weight is 373 g/mol. The zero-order chi connectivity index (χ0) is 19.1. The third-order valence-corrected chi connectivity index (χ3v) is 3.50. The molecule has 0 bridgehead atoms. The lowest BCUT2D eigenvalue weighted by Gasteiger charge is -2.12. The maximum Gasteiger partial charge on any atom is 0.224 e. The molecule has 3 rings (SSSR count). The van der Waals surface area contributed by atoms with E-state index in [9.17, 15) is 8.78 Å². The molecule has 9 heteroatoms. The highest BCUT2D eigenvalue weighted by molar-refractivity contribution is 5.47. The lowest BCUT2D eigenvalue weighted by atomic mass is 10.2. The number of nitrogens with one attached hydrogen (secondary N) is 2. The number of hydrogen-bond donors (Lipinski definition) is 3. The first-order chi connectivity index (χ1) is 13.2. The fraction of sp³-hybridized carbons (Fsp3) is 0.167. The van der Waals surface area contributed by atoms with Gasteiger partial charge in [0.1, 0.15) is 23.8 Å². The molecule has 0 atom stereocenters. The largest absolute Gasteiger partial charge is 0.436 e. The first-order valence-corrected chi connectivity index (χ1v) is 8.13. The molecule has 0 amide bonds. The molecule has 0 fully saturated rings. The minimum Gasteiger partial charge on any atom is -0.436 e. The van der Waals surface area contributed by atoms with Crippen molar-refractivity contribution in [2.75, 3.05) is 23.8 Å². The number of anilines is 2. The Morgan fingerprint density at radius 1 is 1.00 bits per heavy atom. The second kappa shape index (κ2) is 8.86. The Morgan fingerprint density at radius 3 is 2.59 bits per heavy atom. The molecule has 1 aromatic carbocycles. The van der Waals surface area contributed by atoms with E-state index < -0.39 is 11.6 Å². The normalized spacial score (nSPS) is 10.5. The maximum absolute atomic E-state index is 13.8. The summed E-state index contributed by atoms with van der Waals surface area (Å²) in [6.07, 6.45) is 2.90. The molecule has 0 aliphatic rings. The number of nitrogens with zero attached hydrogens (tertiary/aromatic N) is 3. The minimum absolute atomic E-state index is 0.0108. The monoisotopic (exact) mass is 373 g/mol. The Balaban J connectivity index is 1.71. The Hall–Kier alpha value is -3.33. The first kappa shape index (κ1) is 18.5. The van der Waals surface area contributed by atoms with Crippen LogP contribution in [0.25, 0.3) is 0 Å². The highest BCUT2D eigenvalue weighted by atomic mass is 19.1. The minimum atomic E-state index is -0.810. The van der Waals surface area contributed by atoms with E-state index in [2.05, 4.69) is 25.6 Å². The summed E-state index contributed by atoms with van der Waals surface area (Å²) >= 11 is 0. The Bertz CT molecular complexity index is 910. The molecule has 0 radical (unpaired) electrons. The van der Waals surface area contributed by atoms with Crippen molar-refractivity contribution < 1.29 is 18.6 Å². The van der Waals surface area contributed by atoms with Crippen LogP contribution >= 0.6 is 0 Å². The van der Waals surface area contributed by atoms with Gasteiger partial charge in [-0.3, -0.25) is 0 Å². The summed E-state index contributed by atoms with van der Waals surface area (Å²) in [6.45, 7) is 0.672. The van der Waals surface area contributed by atoms with Gasteiger partial charge in [-0.15, -0.1) is 0 Å². The molecule has 0 saturated heterocycles. The van der Waals surface area contributed by atoms with Crippen molar-refractivity contribution in [3.05, 3.63) is 66.1 Å².